The summed E-state index contributed by atoms with van der Waals surface area (Å²) in [6.07, 6.45) is 5.11. The van der Waals surface area contributed by atoms with Crippen LogP contribution >= 0.6 is 0 Å². The summed E-state index contributed by atoms with van der Waals surface area (Å²) in [6.45, 7) is 23.4. The van der Waals surface area contributed by atoms with Crippen molar-refractivity contribution >= 4 is 42.2 Å². The molecule has 3 saturated heterocycles. The van der Waals surface area contributed by atoms with Gasteiger partial charge < -0.3 is 29.7 Å². The summed E-state index contributed by atoms with van der Waals surface area (Å²) in [5, 5.41) is 7.32. The molecule has 2 atom stereocenters. The highest BCUT2D eigenvalue weighted by Gasteiger charge is 2.41. The second-order valence-corrected chi connectivity index (χ2v) is 15.8. The highest BCUT2D eigenvalue weighted by molar-refractivity contribution is 6.24. The minimum absolute atomic E-state index is 0.0155. The molecule has 3 aliphatic rings. The number of aromatic nitrogens is 3. The van der Waals surface area contributed by atoms with E-state index in [0.717, 1.165) is 38.1 Å². The summed E-state index contributed by atoms with van der Waals surface area (Å²) in [4.78, 5) is 49.1. The average Bonchev–Trinajstić information content (AvgIpc) is 2.92. The van der Waals surface area contributed by atoms with Gasteiger partial charge in [0.1, 0.15) is 24.6 Å². The van der Waals surface area contributed by atoms with Crippen molar-refractivity contribution in [2.45, 2.75) is 129 Å². The van der Waals surface area contributed by atoms with E-state index in [2.05, 4.69) is 91.0 Å². The Balaban J connectivity index is 1.44. The number of anilines is 1. The van der Waals surface area contributed by atoms with Gasteiger partial charge in [0.05, 0.1) is 13.2 Å². The summed E-state index contributed by atoms with van der Waals surface area (Å²) in [6, 6.07) is 0. The number of piperidine rings is 2. The maximum absolute atomic E-state index is 12.8. The maximum atomic E-state index is 12.8. The molecule has 0 amide bonds. The van der Waals surface area contributed by atoms with E-state index in [4.69, 9.17) is 14.2 Å². The SMILES string of the molecule is CC(OC(=O)/C=N/c1nc(/N=C/C(=O)OC(C)C2CC(C)(C)NC(C)(C)C2)nc(N2CCOCC2)n1)C1CC(C)(C)NC(C)(C)C1. The first-order chi connectivity index (χ1) is 21.3. The molecule has 46 heavy (non-hydrogen) atoms. The second kappa shape index (κ2) is 14.0. The van der Waals surface area contributed by atoms with Crippen LogP contribution in [0.2, 0.25) is 0 Å². The first-order valence-corrected chi connectivity index (χ1v) is 16.5. The Morgan fingerprint density at radius 3 is 1.48 bits per heavy atom. The van der Waals surface area contributed by atoms with Crippen LogP contribution < -0.4 is 15.5 Å². The molecule has 0 aromatic carbocycles. The first kappa shape index (κ1) is 35.8. The Labute approximate surface area is 273 Å². The van der Waals surface area contributed by atoms with Crippen LogP contribution in [0.3, 0.4) is 0 Å². The van der Waals surface area contributed by atoms with Crippen LogP contribution in [0.4, 0.5) is 17.8 Å². The van der Waals surface area contributed by atoms with Gasteiger partial charge in [-0.2, -0.15) is 15.0 Å². The molecule has 3 fully saturated rings. The predicted octanol–water partition coefficient (Wildman–Crippen LogP) is 4.09. The molecule has 0 saturated carbocycles. The van der Waals surface area contributed by atoms with Crippen molar-refractivity contribution in [3.05, 3.63) is 0 Å². The van der Waals surface area contributed by atoms with Crippen molar-refractivity contribution in [3.63, 3.8) is 0 Å². The highest BCUT2D eigenvalue weighted by Crippen LogP contribution is 2.36. The fraction of sp³-hybridized carbons (Fsp3) is 0.788. The van der Waals surface area contributed by atoms with Crippen LogP contribution in [0.5, 0.6) is 0 Å². The van der Waals surface area contributed by atoms with Crippen LogP contribution in [-0.4, -0.2) is 100.0 Å². The Bertz CT molecular complexity index is 1190. The van der Waals surface area contributed by atoms with Crippen LogP contribution in [0, 0.1) is 11.8 Å². The van der Waals surface area contributed by atoms with Gasteiger partial charge in [0.2, 0.25) is 5.95 Å². The van der Waals surface area contributed by atoms with Crippen LogP contribution in [0.1, 0.15) is 94.9 Å². The topological polar surface area (TPSA) is 153 Å². The Hall–Kier alpha value is -3.03. The van der Waals surface area contributed by atoms with Gasteiger partial charge in [0.25, 0.3) is 11.9 Å². The lowest BCUT2D eigenvalue weighted by molar-refractivity contribution is -0.144. The van der Waals surface area contributed by atoms with E-state index < -0.39 is 11.9 Å². The van der Waals surface area contributed by atoms with Crippen molar-refractivity contribution in [2.75, 3.05) is 31.2 Å². The molecule has 1 aromatic heterocycles. The standard InChI is InChI=1S/C33H54N8O5/c1-21(23-15-30(3,4)39-31(5,6)16-23)45-25(42)19-34-27-36-28(38-29(37-27)41-11-13-44-14-12-41)35-20-26(43)46-22(2)24-17-32(7,8)40-33(9,10)18-24/h19-24,39-40H,11-18H2,1-10H3/b34-19+,35-20+. The number of carbonyl (C=O) groups excluding carboxylic acids is 2. The molecule has 2 unspecified atom stereocenters. The lowest BCUT2D eigenvalue weighted by Crippen LogP contribution is -2.59. The smallest absolute Gasteiger partial charge is 0.349 e. The van der Waals surface area contributed by atoms with Gasteiger partial charge in [-0.1, -0.05) is 0 Å². The van der Waals surface area contributed by atoms with Crippen LogP contribution in [0.25, 0.3) is 0 Å². The van der Waals surface area contributed by atoms with E-state index >= 15 is 0 Å². The Morgan fingerprint density at radius 1 is 0.739 bits per heavy atom. The number of esters is 2. The maximum Gasteiger partial charge on any atom is 0.349 e. The van der Waals surface area contributed by atoms with Gasteiger partial charge in [-0.05, 0) is 107 Å². The fourth-order valence-corrected chi connectivity index (χ4v) is 7.67. The lowest BCUT2D eigenvalue weighted by atomic mass is 9.74. The summed E-state index contributed by atoms with van der Waals surface area (Å²) in [7, 11) is 0. The minimum Gasteiger partial charge on any atom is -0.458 e. The number of morpholine rings is 1. The van der Waals surface area contributed by atoms with Crippen molar-refractivity contribution in [2.24, 2.45) is 21.8 Å². The third kappa shape index (κ3) is 10.5. The van der Waals surface area contributed by atoms with Gasteiger partial charge in [-0.3, -0.25) is 0 Å². The van der Waals surface area contributed by atoms with Crippen molar-refractivity contribution in [3.8, 4) is 0 Å². The number of hydrogen-bond acceptors (Lipinski definition) is 13. The number of ether oxygens (including phenoxy) is 3. The summed E-state index contributed by atoms with van der Waals surface area (Å²) in [5.74, 6) is -0.463. The van der Waals surface area contributed by atoms with Gasteiger partial charge in [-0.15, -0.1) is 0 Å². The lowest BCUT2D eigenvalue weighted by Gasteiger charge is -2.47. The predicted molar refractivity (Wildman–Crippen MR) is 178 cm³/mol. The molecule has 256 valence electrons. The third-order valence-electron chi connectivity index (χ3n) is 8.84. The van der Waals surface area contributed by atoms with Gasteiger partial charge in [0.15, 0.2) is 0 Å². The number of aliphatic imine (C=N–C) groups is 2. The Morgan fingerprint density at radius 2 is 1.11 bits per heavy atom. The number of nitrogens with zero attached hydrogens (tertiary/aromatic N) is 6. The molecular formula is C33H54N8O5. The van der Waals surface area contributed by atoms with E-state index in [9.17, 15) is 9.59 Å². The van der Waals surface area contributed by atoms with Gasteiger partial charge >= 0.3 is 11.9 Å². The molecule has 13 nitrogen and oxygen atoms in total. The average molecular weight is 643 g/mol. The molecule has 2 N–H and O–H groups in total. The van der Waals surface area contributed by atoms with Crippen LogP contribution in [0.15, 0.2) is 9.98 Å². The van der Waals surface area contributed by atoms with E-state index in [0.29, 0.717) is 32.3 Å². The summed E-state index contributed by atoms with van der Waals surface area (Å²) >= 11 is 0. The molecule has 4 rings (SSSR count). The van der Waals surface area contributed by atoms with Crippen LogP contribution in [-0.2, 0) is 23.8 Å². The minimum atomic E-state index is -0.582. The first-order valence-electron chi connectivity index (χ1n) is 16.5. The van der Waals surface area contributed by atoms with Crippen molar-refractivity contribution in [1.29, 1.82) is 0 Å². The monoisotopic (exact) mass is 642 g/mol. The number of nitrogens with one attached hydrogen (secondary N) is 2. The molecule has 1 aromatic rings. The van der Waals surface area contributed by atoms with E-state index in [1.54, 1.807) is 0 Å². The largest absolute Gasteiger partial charge is 0.458 e. The molecule has 13 heteroatoms. The zero-order valence-corrected chi connectivity index (χ0v) is 29.3. The molecular weight excluding hydrogens is 588 g/mol. The second-order valence-electron chi connectivity index (χ2n) is 15.8. The zero-order valence-electron chi connectivity index (χ0n) is 29.3. The molecule has 0 radical (unpaired) electrons. The normalized spacial score (nSPS) is 24.5. The number of hydrogen-bond donors (Lipinski definition) is 2. The van der Waals surface area contributed by atoms with Crippen molar-refractivity contribution < 1.29 is 23.8 Å². The fourth-order valence-electron chi connectivity index (χ4n) is 7.67. The van der Waals surface area contributed by atoms with E-state index in [1.165, 1.54) is 0 Å². The quantitative estimate of drug-likeness (QED) is 0.296. The Kier molecular flexibility index (Phi) is 10.9. The number of carbonyl (C=O) groups is 2. The molecule has 3 aliphatic heterocycles. The zero-order chi connectivity index (χ0) is 33.9. The third-order valence-corrected chi connectivity index (χ3v) is 8.84. The molecule has 0 aliphatic carbocycles. The van der Waals surface area contributed by atoms with Gasteiger partial charge in [-0.25, -0.2) is 19.6 Å². The van der Waals surface area contributed by atoms with Crippen molar-refractivity contribution in [1.82, 2.24) is 25.6 Å². The van der Waals surface area contributed by atoms with Gasteiger partial charge in [0, 0.05) is 35.2 Å². The summed E-state index contributed by atoms with van der Waals surface area (Å²) in [5.41, 5.74) is -0.260. The van der Waals surface area contributed by atoms with E-state index in [-0.39, 0.29) is 58.1 Å². The summed E-state index contributed by atoms with van der Waals surface area (Å²) < 4.78 is 17.0. The highest BCUT2D eigenvalue weighted by atomic mass is 16.5. The molecule has 4 heterocycles. The van der Waals surface area contributed by atoms with E-state index in [1.807, 2.05) is 18.7 Å². The molecule has 0 bridgehead atoms. The number of rotatable bonds is 9. The molecule has 0 spiro atoms.